The SMILES string of the molecule is O=C(O)CC(CNCC1CCC1)C(=O)O. The van der Waals surface area contributed by atoms with Gasteiger partial charge in [-0.25, -0.2) is 0 Å². The second-order valence-corrected chi connectivity index (χ2v) is 4.09. The van der Waals surface area contributed by atoms with E-state index in [9.17, 15) is 9.59 Å². The van der Waals surface area contributed by atoms with Crippen LogP contribution in [0.1, 0.15) is 25.7 Å². The number of rotatable bonds is 7. The Morgan fingerprint density at radius 3 is 2.40 bits per heavy atom. The molecule has 1 saturated carbocycles. The standard InChI is InChI=1S/C10H17NO4/c12-9(13)4-8(10(14)15)6-11-5-7-2-1-3-7/h7-8,11H,1-6H2,(H,12,13)(H,14,15). The minimum Gasteiger partial charge on any atom is -0.481 e. The Morgan fingerprint density at radius 2 is 2.00 bits per heavy atom. The molecular weight excluding hydrogens is 198 g/mol. The third-order valence-corrected chi connectivity index (χ3v) is 2.82. The summed E-state index contributed by atoms with van der Waals surface area (Å²) in [6.45, 7) is 1.06. The number of nitrogens with one attached hydrogen (secondary N) is 1. The summed E-state index contributed by atoms with van der Waals surface area (Å²) in [6.07, 6.45) is 3.34. The van der Waals surface area contributed by atoms with E-state index >= 15 is 0 Å². The quantitative estimate of drug-likeness (QED) is 0.577. The molecule has 1 aliphatic carbocycles. The van der Waals surface area contributed by atoms with Crippen LogP contribution in [0.5, 0.6) is 0 Å². The highest BCUT2D eigenvalue weighted by Crippen LogP contribution is 2.25. The Kier molecular flexibility index (Phi) is 4.55. The summed E-state index contributed by atoms with van der Waals surface area (Å²) in [4.78, 5) is 21.1. The average molecular weight is 215 g/mol. The molecule has 1 aliphatic rings. The van der Waals surface area contributed by atoms with E-state index in [4.69, 9.17) is 10.2 Å². The summed E-state index contributed by atoms with van der Waals surface area (Å²) < 4.78 is 0. The monoisotopic (exact) mass is 215 g/mol. The highest BCUT2D eigenvalue weighted by molar-refractivity contribution is 5.77. The summed E-state index contributed by atoms with van der Waals surface area (Å²) in [6, 6.07) is 0. The molecular formula is C10H17NO4. The topological polar surface area (TPSA) is 86.6 Å². The molecule has 0 aliphatic heterocycles. The van der Waals surface area contributed by atoms with Gasteiger partial charge in [0, 0.05) is 6.54 Å². The summed E-state index contributed by atoms with van der Waals surface area (Å²) in [7, 11) is 0. The van der Waals surface area contributed by atoms with Crippen molar-refractivity contribution in [3.63, 3.8) is 0 Å². The molecule has 86 valence electrons. The number of hydrogen-bond donors (Lipinski definition) is 3. The van der Waals surface area contributed by atoms with Gasteiger partial charge in [0.15, 0.2) is 0 Å². The van der Waals surface area contributed by atoms with Gasteiger partial charge in [-0.15, -0.1) is 0 Å². The Morgan fingerprint density at radius 1 is 1.33 bits per heavy atom. The summed E-state index contributed by atoms with van der Waals surface area (Å²) in [5.74, 6) is -2.27. The smallest absolute Gasteiger partial charge is 0.308 e. The number of hydrogen-bond acceptors (Lipinski definition) is 3. The zero-order valence-electron chi connectivity index (χ0n) is 8.61. The third kappa shape index (κ3) is 4.29. The molecule has 0 aromatic rings. The van der Waals surface area contributed by atoms with E-state index in [2.05, 4.69) is 5.32 Å². The maximum atomic E-state index is 10.7. The van der Waals surface area contributed by atoms with E-state index in [1.807, 2.05) is 0 Å². The van der Waals surface area contributed by atoms with Gasteiger partial charge in [-0.1, -0.05) is 6.42 Å². The van der Waals surface area contributed by atoms with Gasteiger partial charge in [0.05, 0.1) is 12.3 Å². The van der Waals surface area contributed by atoms with Crippen LogP contribution in [0, 0.1) is 11.8 Å². The number of aliphatic carboxylic acids is 2. The van der Waals surface area contributed by atoms with Crippen LogP contribution in [0.15, 0.2) is 0 Å². The predicted octanol–water partition coefficient (Wildman–Crippen LogP) is 0.552. The predicted molar refractivity (Wildman–Crippen MR) is 53.6 cm³/mol. The Hall–Kier alpha value is -1.10. The van der Waals surface area contributed by atoms with Crippen molar-refractivity contribution in [1.82, 2.24) is 5.32 Å². The fourth-order valence-electron chi connectivity index (χ4n) is 1.62. The molecule has 0 aromatic carbocycles. The molecule has 1 rings (SSSR count). The third-order valence-electron chi connectivity index (χ3n) is 2.82. The zero-order chi connectivity index (χ0) is 11.3. The van der Waals surface area contributed by atoms with Crippen LogP contribution >= 0.6 is 0 Å². The number of carboxylic acid groups (broad SMARTS) is 2. The van der Waals surface area contributed by atoms with Crippen molar-refractivity contribution in [1.29, 1.82) is 0 Å². The first-order valence-electron chi connectivity index (χ1n) is 5.25. The molecule has 0 saturated heterocycles. The highest BCUT2D eigenvalue weighted by Gasteiger charge is 2.22. The number of carbonyl (C=O) groups is 2. The molecule has 0 spiro atoms. The van der Waals surface area contributed by atoms with Gasteiger partial charge >= 0.3 is 11.9 Å². The molecule has 5 nitrogen and oxygen atoms in total. The van der Waals surface area contributed by atoms with Gasteiger partial charge in [0.25, 0.3) is 0 Å². The fraction of sp³-hybridized carbons (Fsp3) is 0.800. The molecule has 1 fully saturated rings. The molecule has 0 bridgehead atoms. The molecule has 3 N–H and O–H groups in total. The van der Waals surface area contributed by atoms with E-state index in [0.717, 1.165) is 6.54 Å². The van der Waals surface area contributed by atoms with Gasteiger partial charge in [-0.2, -0.15) is 0 Å². The first-order chi connectivity index (χ1) is 7.09. The van der Waals surface area contributed by atoms with Crippen molar-refractivity contribution >= 4 is 11.9 Å². The molecule has 0 heterocycles. The maximum absolute atomic E-state index is 10.7. The Bertz CT molecular complexity index is 238. The Labute approximate surface area is 88.5 Å². The maximum Gasteiger partial charge on any atom is 0.308 e. The van der Waals surface area contributed by atoms with Crippen molar-refractivity contribution < 1.29 is 19.8 Å². The summed E-state index contributed by atoms with van der Waals surface area (Å²) in [5, 5.41) is 20.3. The van der Waals surface area contributed by atoms with Gasteiger partial charge in [-0.05, 0) is 25.3 Å². The fourth-order valence-corrected chi connectivity index (χ4v) is 1.62. The van der Waals surface area contributed by atoms with E-state index in [0.29, 0.717) is 5.92 Å². The Balaban J connectivity index is 2.18. The van der Waals surface area contributed by atoms with Crippen LogP contribution in [0.3, 0.4) is 0 Å². The van der Waals surface area contributed by atoms with Crippen LogP contribution in [0.4, 0.5) is 0 Å². The normalized spacial score (nSPS) is 18.1. The van der Waals surface area contributed by atoms with Crippen LogP contribution in [0.2, 0.25) is 0 Å². The average Bonchev–Trinajstić information content (AvgIpc) is 2.06. The molecule has 5 heteroatoms. The molecule has 1 unspecified atom stereocenters. The molecule has 0 radical (unpaired) electrons. The van der Waals surface area contributed by atoms with Crippen molar-refractivity contribution in [3.05, 3.63) is 0 Å². The largest absolute Gasteiger partial charge is 0.481 e. The molecule has 1 atom stereocenters. The lowest BCUT2D eigenvalue weighted by atomic mass is 9.85. The van der Waals surface area contributed by atoms with Crippen LogP contribution in [-0.2, 0) is 9.59 Å². The van der Waals surface area contributed by atoms with E-state index < -0.39 is 17.9 Å². The minimum atomic E-state index is -1.06. The van der Waals surface area contributed by atoms with Crippen LogP contribution in [0.25, 0.3) is 0 Å². The lowest BCUT2D eigenvalue weighted by Crippen LogP contribution is -2.34. The highest BCUT2D eigenvalue weighted by atomic mass is 16.4. The molecule has 0 amide bonds. The van der Waals surface area contributed by atoms with Gasteiger partial charge in [-0.3, -0.25) is 9.59 Å². The van der Waals surface area contributed by atoms with E-state index in [1.54, 1.807) is 0 Å². The summed E-state index contributed by atoms with van der Waals surface area (Å²) in [5.41, 5.74) is 0. The molecule has 0 aromatic heterocycles. The van der Waals surface area contributed by atoms with Crippen molar-refractivity contribution in [2.75, 3.05) is 13.1 Å². The van der Waals surface area contributed by atoms with Gasteiger partial charge < -0.3 is 15.5 Å². The lowest BCUT2D eigenvalue weighted by Gasteiger charge is -2.26. The van der Waals surface area contributed by atoms with Crippen LogP contribution in [-0.4, -0.2) is 35.2 Å². The summed E-state index contributed by atoms with van der Waals surface area (Å²) >= 11 is 0. The molecule has 15 heavy (non-hydrogen) atoms. The number of carboxylic acids is 2. The van der Waals surface area contributed by atoms with Gasteiger partial charge in [0.1, 0.15) is 0 Å². The van der Waals surface area contributed by atoms with E-state index in [-0.39, 0.29) is 13.0 Å². The lowest BCUT2D eigenvalue weighted by molar-refractivity contribution is -0.148. The zero-order valence-corrected chi connectivity index (χ0v) is 8.61. The van der Waals surface area contributed by atoms with Crippen molar-refractivity contribution in [2.45, 2.75) is 25.7 Å². The first-order valence-corrected chi connectivity index (χ1v) is 5.25. The first kappa shape index (κ1) is 12.0. The van der Waals surface area contributed by atoms with Crippen molar-refractivity contribution in [3.8, 4) is 0 Å². The van der Waals surface area contributed by atoms with Gasteiger partial charge in [0.2, 0.25) is 0 Å². The van der Waals surface area contributed by atoms with Crippen LogP contribution < -0.4 is 5.32 Å². The second-order valence-electron chi connectivity index (χ2n) is 4.09. The van der Waals surface area contributed by atoms with E-state index in [1.165, 1.54) is 19.3 Å². The van der Waals surface area contributed by atoms with Crippen molar-refractivity contribution in [2.24, 2.45) is 11.8 Å². The minimum absolute atomic E-state index is 0.248. The second kappa shape index (κ2) is 5.70.